The standard InChI is InChI=1S/C19H25N3O3/c1-15(16-13-20-21-14-16)22-11-5-9-19(10-6-12-23,25-18(22)24)17-7-3-2-4-8-17/h2-4,7-8,13-15,23H,5-6,9-12H2,1H3,(H,20,21). The first-order chi connectivity index (χ1) is 12.2. The van der Waals surface area contributed by atoms with E-state index < -0.39 is 5.60 Å². The van der Waals surface area contributed by atoms with Crippen LogP contribution < -0.4 is 0 Å². The molecule has 0 bridgehead atoms. The molecular formula is C19H25N3O3. The Morgan fingerprint density at radius 2 is 2.20 bits per heavy atom. The van der Waals surface area contributed by atoms with Crippen LogP contribution in [0.25, 0.3) is 0 Å². The molecule has 1 aliphatic rings. The van der Waals surface area contributed by atoms with E-state index in [-0.39, 0.29) is 18.7 Å². The van der Waals surface area contributed by atoms with Gasteiger partial charge in [-0.2, -0.15) is 5.10 Å². The Kier molecular flexibility index (Phi) is 5.38. The molecule has 134 valence electrons. The van der Waals surface area contributed by atoms with E-state index in [9.17, 15) is 9.90 Å². The second kappa shape index (κ2) is 7.70. The van der Waals surface area contributed by atoms with E-state index in [1.165, 1.54) is 0 Å². The fourth-order valence-electron chi connectivity index (χ4n) is 3.55. The number of ether oxygens (including phenoxy) is 1. The van der Waals surface area contributed by atoms with E-state index in [0.717, 1.165) is 24.0 Å². The number of hydrogen-bond donors (Lipinski definition) is 2. The van der Waals surface area contributed by atoms with Crippen LogP contribution in [-0.2, 0) is 10.3 Å². The maximum Gasteiger partial charge on any atom is 0.411 e. The summed E-state index contributed by atoms with van der Waals surface area (Å²) in [5.74, 6) is 0. The molecule has 1 aliphatic heterocycles. The number of carbonyl (C=O) groups excluding carboxylic acids is 1. The van der Waals surface area contributed by atoms with Gasteiger partial charge in [0.05, 0.1) is 12.2 Å². The highest BCUT2D eigenvalue weighted by atomic mass is 16.6. The minimum atomic E-state index is -0.675. The Labute approximate surface area is 147 Å². The Hall–Kier alpha value is -2.34. The number of aromatic nitrogens is 2. The van der Waals surface area contributed by atoms with Gasteiger partial charge in [0.25, 0.3) is 0 Å². The van der Waals surface area contributed by atoms with E-state index in [4.69, 9.17) is 4.74 Å². The molecule has 1 amide bonds. The van der Waals surface area contributed by atoms with Crippen molar-refractivity contribution in [3.05, 3.63) is 53.9 Å². The van der Waals surface area contributed by atoms with Gasteiger partial charge in [-0.1, -0.05) is 30.3 Å². The average Bonchev–Trinajstić information content (AvgIpc) is 3.12. The number of aliphatic hydroxyl groups excluding tert-OH is 1. The van der Waals surface area contributed by atoms with Gasteiger partial charge in [0.1, 0.15) is 5.60 Å². The molecule has 1 aromatic heterocycles. The lowest BCUT2D eigenvalue weighted by molar-refractivity contribution is -0.0180. The SMILES string of the molecule is CC(c1cn[nH]c1)N1CCCC(CCCO)(c2ccccc2)OC1=O. The monoisotopic (exact) mass is 343 g/mol. The van der Waals surface area contributed by atoms with Crippen molar-refractivity contribution in [2.45, 2.75) is 44.2 Å². The first-order valence-corrected chi connectivity index (χ1v) is 8.81. The smallest absolute Gasteiger partial charge is 0.411 e. The summed E-state index contributed by atoms with van der Waals surface area (Å²) < 4.78 is 6.06. The zero-order chi connectivity index (χ0) is 17.7. The third-order valence-corrected chi connectivity index (χ3v) is 5.00. The summed E-state index contributed by atoms with van der Waals surface area (Å²) in [6, 6.07) is 9.77. The zero-order valence-corrected chi connectivity index (χ0v) is 14.5. The molecule has 0 aliphatic carbocycles. The Morgan fingerprint density at radius 1 is 1.40 bits per heavy atom. The van der Waals surface area contributed by atoms with E-state index >= 15 is 0 Å². The summed E-state index contributed by atoms with van der Waals surface area (Å²) in [5.41, 5.74) is 1.28. The van der Waals surface area contributed by atoms with Crippen molar-refractivity contribution in [2.24, 2.45) is 0 Å². The third-order valence-electron chi connectivity index (χ3n) is 5.00. The first-order valence-electron chi connectivity index (χ1n) is 8.81. The Morgan fingerprint density at radius 3 is 2.88 bits per heavy atom. The van der Waals surface area contributed by atoms with E-state index in [2.05, 4.69) is 10.2 Å². The summed E-state index contributed by atoms with van der Waals surface area (Å²) >= 11 is 0. The van der Waals surface area contributed by atoms with Gasteiger partial charge in [0.15, 0.2) is 0 Å². The molecule has 0 saturated carbocycles. The summed E-state index contributed by atoms with van der Waals surface area (Å²) in [7, 11) is 0. The van der Waals surface area contributed by atoms with Crippen LogP contribution in [0.2, 0.25) is 0 Å². The number of nitrogens with zero attached hydrogens (tertiary/aromatic N) is 2. The van der Waals surface area contributed by atoms with Crippen molar-refractivity contribution in [3.8, 4) is 0 Å². The highest BCUT2D eigenvalue weighted by Crippen LogP contribution is 2.39. The number of aromatic amines is 1. The van der Waals surface area contributed by atoms with Gasteiger partial charge in [-0.05, 0) is 38.2 Å². The van der Waals surface area contributed by atoms with Gasteiger partial charge in [-0.3, -0.25) is 5.10 Å². The Balaban J connectivity index is 1.86. The van der Waals surface area contributed by atoms with Gasteiger partial charge in [-0.25, -0.2) is 4.79 Å². The molecule has 2 unspecified atom stereocenters. The normalized spacial score (nSPS) is 22.3. The van der Waals surface area contributed by atoms with Gasteiger partial charge < -0.3 is 14.7 Å². The number of benzene rings is 1. The van der Waals surface area contributed by atoms with E-state index in [1.807, 2.05) is 37.3 Å². The van der Waals surface area contributed by atoms with Crippen LogP contribution in [0.3, 0.4) is 0 Å². The van der Waals surface area contributed by atoms with Gasteiger partial charge >= 0.3 is 6.09 Å². The molecule has 6 nitrogen and oxygen atoms in total. The topological polar surface area (TPSA) is 78.5 Å². The molecule has 25 heavy (non-hydrogen) atoms. The summed E-state index contributed by atoms with van der Waals surface area (Å²) in [4.78, 5) is 14.7. The molecule has 2 aromatic rings. The van der Waals surface area contributed by atoms with Crippen molar-refractivity contribution in [3.63, 3.8) is 0 Å². The van der Waals surface area contributed by atoms with Crippen LogP contribution in [0, 0.1) is 0 Å². The number of rotatable bonds is 6. The molecule has 3 rings (SSSR count). The van der Waals surface area contributed by atoms with Crippen LogP contribution >= 0.6 is 0 Å². The van der Waals surface area contributed by atoms with Gasteiger partial charge in [-0.15, -0.1) is 0 Å². The van der Waals surface area contributed by atoms with Crippen molar-refractivity contribution in [2.75, 3.05) is 13.2 Å². The molecule has 6 heteroatoms. The van der Waals surface area contributed by atoms with Crippen LogP contribution in [0.4, 0.5) is 4.79 Å². The van der Waals surface area contributed by atoms with Gasteiger partial charge in [0, 0.05) is 24.9 Å². The first kappa shape index (κ1) is 17.5. The zero-order valence-electron chi connectivity index (χ0n) is 14.5. The lowest BCUT2D eigenvalue weighted by atomic mass is 9.85. The highest BCUT2D eigenvalue weighted by Gasteiger charge is 2.40. The average molecular weight is 343 g/mol. The lowest BCUT2D eigenvalue weighted by Gasteiger charge is -2.34. The lowest BCUT2D eigenvalue weighted by Crippen LogP contribution is -2.37. The van der Waals surface area contributed by atoms with Crippen LogP contribution in [0.15, 0.2) is 42.7 Å². The molecular weight excluding hydrogens is 318 g/mol. The highest BCUT2D eigenvalue weighted by molar-refractivity contribution is 5.69. The molecule has 2 heterocycles. The molecule has 0 radical (unpaired) electrons. The van der Waals surface area contributed by atoms with Crippen molar-refractivity contribution >= 4 is 6.09 Å². The second-order valence-electron chi connectivity index (χ2n) is 6.56. The minimum absolute atomic E-state index is 0.0846. The van der Waals surface area contributed by atoms with E-state index in [0.29, 0.717) is 19.4 Å². The maximum atomic E-state index is 12.9. The number of H-pyrrole nitrogens is 1. The molecule has 1 aromatic carbocycles. The number of cyclic esters (lactones) is 1. The number of amides is 1. The van der Waals surface area contributed by atoms with Crippen LogP contribution in [0.5, 0.6) is 0 Å². The number of hydrogen-bond acceptors (Lipinski definition) is 4. The van der Waals surface area contributed by atoms with E-state index in [1.54, 1.807) is 17.3 Å². The predicted octanol–water partition coefficient (Wildman–Crippen LogP) is 3.37. The molecule has 2 atom stereocenters. The summed E-state index contributed by atoms with van der Waals surface area (Å²) in [6.07, 6.45) is 6.03. The maximum absolute atomic E-state index is 12.9. The minimum Gasteiger partial charge on any atom is -0.438 e. The second-order valence-corrected chi connectivity index (χ2v) is 6.56. The third kappa shape index (κ3) is 3.69. The summed E-state index contributed by atoms with van der Waals surface area (Å²) in [5, 5.41) is 16.1. The predicted molar refractivity (Wildman–Crippen MR) is 93.9 cm³/mol. The Bertz CT molecular complexity index is 674. The number of carbonyl (C=O) groups is 1. The molecule has 2 N–H and O–H groups in total. The van der Waals surface area contributed by atoms with Crippen molar-refractivity contribution < 1.29 is 14.6 Å². The summed E-state index contributed by atoms with van der Waals surface area (Å²) in [6.45, 7) is 2.70. The molecule has 0 spiro atoms. The fraction of sp³-hybridized carbons (Fsp3) is 0.474. The molecule has 1 saturated heterocycles. The van der Waals surface area contributed by atoms with Crippen LogP contribution in [-0.4, -0.2) is 39.4 Å². The van der Waals surface area contributed by atoms with Crippen molar-refractivity contribution in [1.29, 1.82) is 0 Å². The number of aliphatic hydroxyl groups is 1. The fourth-order valence-corrected chi connectivity index (χ4v) is 3.55. The quantitative estimate of drug-likeness (QED) is 0.843. The largest absolute Gasteiger partial charge is 0.438 e. The van der Waals surface area contributed by atoms with Crippen LogP contribution in [0.1, 0.15) is 49.8 Å². The number of nitrogens with one attached hydrogen (secondary N) is 1. The van der Waals surface area contributed by atoms with Crippen molar-refractivity contribution in [1.82, 2.24) is 15.1 Å². The molecule has 1 fully saturated rings. The van der Waals surface area contributed by atoms with Gasteiger partial charge in [0.2, 0.25) is 0 Å².